The Morgan fingerprint density at radius 2 is 1.26 bits per heavy atom. The summed E-state index contributed by atoms with van der Waals surface area (Å²) in [7, 11) is 0. The van der Waals surface area contributed by atoms with Gasteiger partial charge in [-0.3, -0.25) is 4.79 Å². The van der Waals surface area contributed by atoms with Gasteiger partial charge >= 0.3 is 0 Å². The van der Waals surface area contributed by atoms with Crippen molar-refractivity contribution < 1.29 is 45.6 Å². The van der Waals surface area contributed by atoms with Crippen molar-refractivity contribution in [3.63, 3.8) is 0 Å². The summed E-state index contributed by atoms with van der Waals surface area (Å²) in [5, 5.41) is 73.1. The lowest BCUT2D eigenvalue weighted by molar-refractivity contribution is -0.161. The zero-order valence-corrected chi connectivity index (χ0v) is 10.2. The first kappa shape index (κ1) is 18.4. The maximum atomic E-state index is 11.5. The third-order valence-electron chi connectivity index (χ3n) is 2.66. The molecule has 114 valence electrons. The molecule has 7 unspecified atom stereocenters. The van der Waals surface area contributed by atoms with Crippen molar-refractivity contribution in [2.24, 2.45) is 0 Å². The molecule has 9 heteroatoms. The second-order valence-electron chi connectivity index (χ2n) is 4.25. The van der Waals surface area contributed by atoms with E-state index in [4.69, 9.17) is 15.3 Å². The molecule has 0 bridgehead atoms. The molecule has 0 aliphatic rings. The Morgan fingerprint density at radius 3 is 1.63 bits per heavy atom. The largest absolute Gasteiger partial charge is 0.394 e. The van der Waals surface area contributed by atoms with Crippen molar-refractivity contribution in [3.8, 4) is 0 Å². The highest BCUT2D eigenvalue weighted by Crippen LogP contribution is 2.10. The molecule has 0 spiro atoms. The van der Waals surface area contributed by atoms with E-state index in [1.165, 1.54) is 0 Å². The van der Waals surface area contributed by atoms with Crippen LogP contribution in [0.15, 0.2) is 0 Å². The fraction of sp³-hybridized carbons (Fsp3) is 0.900. The number of ketones is 1. The first-order valence-electron chi connectivity index (χ1n) is 5.56. The number of aliphatic hydroxyl groups excluding tert-OH is 8. The lowest BCUT2D eigenvalue weighted by Gasteiger charge is -2.27. The number of hydrogen-bond donors (Lipinski definition) is 8. The van der Waals surface area contributed by atoms with Crippen LogP contribution >= 0.6 is 0 Å². The van der Waals surface area contributed by atoms with Crippen LogP contribution < -0.4 is 0 Å². The molecule has 0 amide bonds. The SMILES string of the molecule is CC(O)C(O)C(O)C(O)C(=O)C(O)C(O)C(O)CO. The molecule has 9 nitrogen and oxygen atoms in total. The van der Waals surface area contributed by atoms with Gasteiger partial charge in [-0.15, -0.1) is 0 Å². The molecule has 0 aromatic heterocycles. The maximum absolute atomic E-state index is 11.5. The summed E-state index contributed by atoms with van der Waals surface area (Å²) in [6.07, 6.45) is -13.8. The summed E-state index contributed by atoms with van der Waals surface area (Å²) in [4.78, 5) is 11.5. The third-order valence-corrected chi connectivity index (χ3v) is 2.66. The lowest BCUT2D eigenvalue weighted by Crippen LogP contribution is -2.53. The summed E-state index contributed by atoms with van der Waals surface area (Å²) in [5.41, 5.74) is 0. The Balaban J connectivity index is 4.72. The van der Waals surface area contributed by atoms with Crippen LogP contribution in [-0.4, -0.2) is 96.0 Å². The van der Waals surface area contributed by atoms with Crippen LogP contribution in [0.2, 0.25) is 0 Å². The highest BCUT2D eigenvalue weighted by atomic mass is 16.4. The van der Waals surface area contributed by atoms with E-state index < -0.39 is 55.1 Å². The van der Waals surface area contributed by atoms with Crippen LogP contribution in [0.1, 0.15) is 6.92 Å². The maximum Gasteiger partial charge on any atom is 0.195 e. The minimum Gasteiger partial charge on any atom is -0.394 e. The van der Waals surface area contributed by atoms with Crippen molar-refractivity contribution in [2.45, 2.75) is 49.7 Å². The van der Waals surface area contributed by atoms with Crippen LogP contribution in [-0.2, 0) is 4.79 Å². The first-order valence-corrected chi connectivity index (χ1v) is 5.56. The topological polar surface area (TPSA) is 179 Å². The molecule has 0 aromatic rings. The van der Waals surface area contributed by atoms with Gasteiger partial charge in [-0.2, -0.15) is 0 Å². The van der Waals surface area contributed by atoms with Crippen molar-refractivity contribution in [1.82, 2.24) is 0 Å². The molecule has 0 saturated heterocycles. The van der Waals surface area contributed by atoms with Gasteiger partial charge in [0.15, 0.2) is 5.78 Å². The summed E-state index contributed by atoms with van der Waals surface area (Å²) in [5.74, 6) is -1.47. The highest BCUT2D eigenvalue weighted by Gasteiger charge is 2.39. The normalized spacial score (nSPS) is 23.0. The second-order valence-corrected chi connectivity index (χ2v) is 4.25. The van der Waals surface area contributed by atoms with Gasteiger partial charge in [-0.05, 0) is 6.92 Å². The second kappa shape index (κ2) is 7.82. The Kier molecular flexibility index (Phi) is 7.55. The van der Waals surface area contributed by atoms with Crippen molar-refractivity contribution in [3.05, 3.63) is 0 Å². The van der Waals surface area contributed by atoms with E-state index in [1.807, 2.05) is 0 Å². The van der Waals surface area contributed by atoms with E-state index in [0.717, 1.165) is 6.92 Å². The van der Waals surface area contributed by atoms with E-state index in [-0.39, 0.29) is 0 Å². The molecule has 8 N–H and O–H groups in total. The smallest absolute Gasteiger partial charge is 0.195 e. The number of carbonyl (C=O) groups excluding carboxylic acids is 1. The molecule has 0 heterocycles. The minimum absolute atomic E-state index is 0.930. The van der Waals surface area contributed by atoms with Crippen LogP contribution in [0, 0.1) is 0 Å². The van der Waals surface area contributed by atoms with Gasteiger partial charge in [0, 0.05) is 0 Å². The molecule has 0 aromatic carbocycles. The summed E-state index contributed by atoms with van der Waals surface area (Å²) >= 11 is 0. The molecule has 0 saturated carbocycles. The summed E-state index contributed by atoms with van der Waals surface area (Å²) < 4.78 is 0. The zero-order valence-electron chi connectivity index (χ0n) is 10.2. The predicted octanol–water partition coefficient (Wildman–Crippen LogP) is -4.91. The molecule has 0 fully saturated rings. The molecule has 0 aliphatic heterocycles. The minimum atomic E-state index is -2.28. The Bertz CT molecular complexity index is 282. The van der Waals surface area contributed by atoms with Crippen LogP contribution in [0.5, 0.6) is 0 Å². The van der Waals surface area contributed by atoms with E-state index in [0.29, 0.717) is 0 Å². The fourth-order valence-corrected chi connectivity index (χ4v) is 1.30. The van der Waals surface area contributed by atoms with Crippen LogP contribution in [0.25, 0.3) is 0 Å². The quantitative estimate of drug-likeness (QED) is 0.217. The van der Waals surface area contributed by atoms with Crippen molar-refractivity contribution >= 4 is 5.78 Å². The molecule has 0 rings (SSSR count). The molecule has 19 heavy (non-hydrogen) atoms. The molecular formula is C10H20O9. The number of rotatable bonds is 8. The van der Waals surface area contributed by atoms with Crippen molar-refractivity contribution in [1.29, 1.82) is 0 Å². The van der Waals surface area contributed by atoms with Gasteiger partial charge in [0.25, 0.3) is 0 Å². The lowest BCUT2D eigenvalue weighted by atomic mass is 9.94. The van der Waals surface area contributed by atoms with Gasteiger partial charge in [-0.1, -0.05) is 0 Å². The van der Waals surface area contributed by atoms with E-state index in [9.17, 15) is 30.3 Å². The number of carbonyl (C=O) groups is 1. The average molecular weight is 284 g/mol. The van der Waals surface area contributed by atoms with Gasteiger partial charge in [-0.25, -0.2) is 0 Å². The van der Waals surface area contributed by atoms with Gasteiger partial charge in [0.1, 0.15) is 36.6 Å². The molecular weight excluding hydrogens is 264 g/mol. The monoisotopic (exact) mass is 284 g/mol. The van der Waals surface area contributed by atoms with Gasteiger partial charge in [0.2, 0.25) is 0 Å². The average Bonchev–Trinajstić information content (AvgIpc) is 2.40. The highest BCUT2D eigenvalue weighted by molar-refractivity contribution is 5.88. The summed E-state index contributed by atoms with van der Waals surface area (Å²) in [6, 6.07) is 0. The van der Waals surface area contributed by atoms with Gasteiger partial charge < -0.3 is 40.9 Å². The van der Waals surface area contributed by atoms with E-state index in [1.54, 1.807) is 0 Å². The zero-order chi connectivity index (χ0) is 15.3. The summed E-state index contributed by atoms with van der Waals surface area (Å²) in [6.45, 7) is 0.173. The molecule has 0 radical (unpaired) electrons. The van der Waals surface area contributed by atoms with Crippen molar-refractivity contribution in [2.75, 3.05) is 6.61 Å². The van der Waals surface area contributed by atoms with E-state index in [2.05, 4.69) is 0 Å². The fourth-order valence-electron chi connectivity index (χ4n) is 1.30. The molecule has 0 aliphatic carbocycles. The number of hydrogen-bond acceptors (Lipinski definition) is 9. The molecule has 7 atom stereocenters. The standard InChI is InChI=1S/C10H20O9/c1-3(12)5(14)7(16)9(18)10(19)8(17)6(15)4(13)2-11/h3-9,11-18H,2H2,1H3. The predicted molar refractivity (Wildman–Crippen MR) is 59.8 cm³/mol. The Hall–Kier alpha value is -0.650. The number of Topliss-reactive ketones (excluding diaryl/α,β-unsaturated/α-hetero) is 1. The van der Waals surface area contributed by atoms with Crippen LogP contribution in [0.4, 0.5) is 0 Å². The number of aliphatic hydroxyl groups is 8. The Labute approximate surface area is 109 Å². The third kappa shape index (κ3) is 4.75. The Morgan fingerprint density at radius 1 is 0.842 bits per heavy atom. The first-order chi connectivity index (χ1) is 8.64. The van der Waals surface area contributed by atoms with E-state index >= 15 is 0 Å². The van der Waals surface area contributed by atoms with Crippen LogP contribution in [0.3, 0.4) is 0 Å². The van der Waals surface area contributed by atoms with Gasteiger partial charge in [0.05, 0.1) is 12.7 Å².